The van der Waals surface area contributed by atoms with Crippen molar-refractivity contribution in [2.24, 2.45) is 11.8 Å². The van der Waals surface area contributed by atoms with Crippen LogP contribution < -0.4 is 19.7 Å². The molecule has 7 nitrogen and oxygen atoms in total. The van der Waals surface area contributed by atoms with Gasteiger partial charge in [0.2, 0.25) is 18.6 Å². The molecule has 0 radical (unpaired) electrons. The first kappa shape index (κ1) is 19.4. The van der Waals surface area contributed by atoms with Crippen molar-refractivity contribution in [3.8, 4) is 11.5 Å². The number of rotatable bonds is 6. The van der Waals surface area contributed by atoms with Gasteiger partial charge in [0, 0.05) is 18.3 Å². The van der Waals surface area contributed by atoms with E-state index in [1.54, 1.807) is 4.90 Å². The maximum absolute atomic E-state index is 13.5. The van der Waals surface area contributed by atoms with Crippen molar-refractivity contribution in [1.82, 2.24) is 5.32 Å². The number of anilines is 1. The molecule has 0 aromatic heterocycles. The summed E-state index contributed by atoms with van der Waals surface area (Å²) >= 11 is 0. The van der Waals surface area contributed by atoms with Crippen LogP contribution in [0.15, 0.2) is 60.7 Å². The molecule has 0 unspecified atom stereocenters. The first-order valence-electron chi connectivity index (χ1n) is 11.0. The van der Waals surface area contributed by atoms with Gasteiger partial charge >= 0.3 is 0 Å². The third kappa shape index (κ3) is 2.99. The normalized spacial score (nSPS) is 28.9. The fourth-order valence-electron chi connectivity index (χ4n) is 5.34. The zero-order valence-electron chi connectivity index (χ0n) is 17.5. The summed E-state index contributed by atoms with van der Waals surface area (Å²) in [5, 5.41) is 3.04. The topological polar surface area (TPSA) is 77.1 Å². The molecule has 1 spiro atoms. The molecular formula is C25H24N2O5. The Morgan fingerprint density at radius 1 is 1.12 bits per heavy atom. The molecule has 0 aliphatic carbocycles. The van der Waals surface area contributed by atoms with Gasteiger partial charge in [0.05, 0.1) is 24.5 Å². The summed E-state index contributed by atoms with van der Waals surface area (Å²) in [6.45, 7) is 1.14. The maximum Gasteiger partial charge on any atom is 0.234 e. The molecule has 4 heterocycles. The van der Waals surface area contributed by atoms with Crippen LogP contribution in [0.25, 0.3) is 0 Å². The molecule has 1 N–H and O–H groups in total. The van der Waals surface area contributed by atoms with Gasteiger partial charge in [-0.15, -0.1) is 0 Å². The summed E-state index contributed by atoms with van der Waals surface area (Å²) in [6.07, 6.45) is 5.29. The Hall–Kier alpha value is -3.32. The molecule has 4 aliphatic rings. The minimum Gasteiger partial charge on any atom is -0.454 e. The lowest BCUT2D eigenvalue weighted by Crippen LogP contribution is -2.44. The Labute approximate surface area is 185 Å². The average Bonchev–Trinajstić information content (AvgIpc) is 3.57. The lowest BCUT2D eigenvalue weighted by Gasteiger charge is -2.23. The number of nitrogens with one attached hydrogen (secondary N) is 1. The number of aryl methyl sites for hydroxylation is 1. The van der Waals surface area contributed by atoms with Crippen LogP contribution in [0.4, 0.5) is 5.69 Å². The van der Waals surface area contributed by atoms with Crippen LogP contribution >= 0.6 is 0 Å². The van der Waals surface area contributed by atoms with E-state index in [-0.39, 0.29) is 24.7 Å². The molecule has 2 aromatic carbocycles. The van der Waals surface area contributed by atoms with Crippen LogP contribution in [0, 0.1) is 11.8 Å². The molecule has 2 bridgehead atoms. The molecule has 164 valence electrons. The second-order valence-electron chi connectivity index (χ2n) is 8.74. The lowest BCUT2D eigenvalue weighted by molar-refractivity contribution is -0.131. The van der Waals surface area contributed by atoms with Crippen molar-refractivity contribution in [3.63, 3.8) is 0 Å². The first-order chi connectivity index (χ1) is 15.6. The first-order valence-corrected chi connectivity index (χ1v) is 11.0. The smallest absolute Gasteiger partial charge is 0.234 e. The fourth-order valence-corrected chi connectivity index (χ4v) is 5.34. The van der Waals surface area contributed by atoms with E-state index in [0.29, 0.717) is 24.6 Å². The number of carbonyl (C=O) groups excluding carboxylic acids is 2. The van der Waals surface area contributed by atoms with E-state index >= 15 is 0 Å². The predicted octanol–water partition coefficient (Wildman–Crippen LogP) is 2.45. The highest BCUT2D eigenvalue weighted by Crippen LogP contribution is 2.53. The number of benzene rings is 2. The largest absolute Gasteiger partial charge is 0.454 e. The number of nitrogens with zero attached hydrogens (tertiary/aromatic N) is 1. The maximum atomic E-state index is 13.5. The zero-order valence-corrected chi connectivity index (χ0v) is 17.5. The molecule has 2 amide bonds. The zero-order chi connectivity index (χ0) is 21.7. The number of fused-ring (bicyclic) bond motifs is 2. The highest BCUT2D eigenvalue weighted by molar-refractivity contribution is 6.03. The van der Waals surface area contributed by atoms with Gasteiger partial charge in [-0.05, 0) is 30.5 Å². The van der Waals surface area contributed by atoms with E-state index in [1.807, 2.05) is 48.6 Å². The molecule has 0 saturated carbocycles. The van der Waals surface area contributed by atoms with Crippen molar-refractivity contribution in [2.75, 3.05) is 24.8 Å². The Balaban J connectivity index is 1.15. The summed E-state index contributed by atoms with van der Waals surface area (Å²) in [5.74, 6) is 0.0718. The molecule has 7 heteroatoms. The summed E-state index contributed by atoms with van der Waals surface area (Å²) in [5.41, 5.74) is 1.23. The molecule has 2 fully saturated rings. The quantitative estimate of drug-likeness (QED) is 0.561. The molecule has 4 atom stereocenters. The number of ether oxygens (including phenoxy) is 3. The average molecular weight is 432 g/mol. The van der Waals surface area contributed by atoms with Crippen LogP contribution in [-0.2, 0) is 20.7 Å². The molecule has 4 aliphatic heterocycles. The number of amides is 2. The number of carbonyl (C=O) groups is 2. The second kappa shape index (κ2) is 7.38. The van der Waals surface area contributed by atoms with Crippen molar-refractivity contribution in [1.29, 1.82) is 0 Å². The van der Waals surface area contributed by atoms with Crippen molar-refractivity contribution in [2.45, 2.75) is 24.5 Å². The Bertz CT molecular complexity index is 1100. The Kier molecular flexibility index (Phi) is 4.47. The highest BCUT2D eigenvalue weighted by Gasteiger charge is 2.67. The SMILES string of the molecule is O=C(NCCCc1ccccc1)[C@H]1[C@H]2C(=O)N(c3ccc4c(c3)OCO4)C[C@]23C=C[C@H]1O3. The minimum absolute atomic E-state index is 0.0832. The summed E-state index contributed by atoms with van der Waals surface area (Å²) in [4.78, 5) is 28.3. The van der Waals surface area contributed by atoms with Crippen molar-refractivity contribution in [3.05, 3.63) is 66.2 Å². The number of hydrogen-bond donors (Lipinski definition) is 1. The van der Waals surface area contributed by atoms with Gasteiger partial charge in [0.1, 0.15) is 5.60 Å². The van der Waals surface area contributed by atoms with Gasteiger partial charge in [0.25, 0.3) is 0 Å². The summed E-state index contributed by atoms with van der Waals surface area (Å²) < 4.78 is 17.1. The van der Waals surface area contributed by atoms with E-state index in [2.05, 4.69) is 17.4 Å². The van der Waals surface area contributed by atoms with Crippen molar-refractivity contribution < 1.29 is 23.8 Å². The van der Waals surface area contributed by atoms with E-state index in [0.717, 1.165) is 18.5 Å². The highest BCUT2D eigenvalue weighted by atomic mass is 16.7. The van der Waals surface area contributed by atoms with Crippen LogP contribution in [-0.4, -0.2) is 43.4 Å². The molecule has 32 heavy (non-hydrogen) atoms. The van der Waals surface area contributed by atoms with Gasteiger partial charge in [-0.25, -0.2) is 0 Å². The molecular weight excluding hydrogens is 408 g/mol. The standard InChI is InChI=1S/C25H24N2O5/c28-23(26-12-4-7-16-5-2-1-3-6-16)21-19-10-11-25(32-19)14-27(24(29)22(21)25)17-8-9-18-20(13-17)31-15-30-18/h1-3,5-6,8-11,13,19,21-22H,4,7,12,14-15H2,(H,26,28)/t19-,21-,22+,25-/m1/s1. The summed E-state index contributed by atoms with van der Waals surface area (Å²) in [6, 6.07) is 15.7. The van der Waals surface area contributed by atoms with E-state index in [4.69, 9.17) is 14.2 Å². The van der Waals surface area contributed by atoms with Crippen LogP contribution in [0.1, 0.15) is 12.0 Å². The van der Waals surface area contributed by atoms with E-state index in [9.17, 15) is 9.59 Å². The Morgan fingerprint density at radius 3 is 2.84 bits per heavy atom. The lowest BCUT2D eigenvalue weighted by atomic mass is 9.77. The van der Waals surface area contributed by atoms with Crippen LogP contribution in [0.2, 0.25) is 0 Å². The monoisotopic (exact) mass is 432 g/mol. The minimum atomic E-state index is -0.746. The van der Waals surface area contributed by atoms with Gasteiger partial charge < -0.3 is 24.4 Å². The number of hydrogen-bond acceptors (Lipinski definition) is 5. The van der Waals surface area contributed by atoms with Gasteiger partial charge in [-0.2, -0.15) is 0 Å². The van der Waals surface area contributed by atoms with E-state index in [1.165, 1.54) is 5.56 Å². The van der Waals surface area contributed by atoms with Gasteiger partial charge in [-0.3, -0.25) is 9.59 Å². The van der Waals surface area contributed by atoms with Crippen LogP contribution in [0.5, 0.6) is 11.5 Å². The van der Waals surface area contributed by atoms with Crippen LogP contribution in [0.3, 0.4) is 0 Å². The third-order valence-electron chi connectivity index (χ3n) is 6.86. The summed E-state index contributed by atoms with van der Waals surface area (Å²) in [7, 11) is 0. The van der Waals surface area contributed by atoms with E-state index < -0.39 is 17.4 Å². The molecule has 2 aromatic rings. The Morgan fingerprint density at radius 2 is 1.97 bits per heavy atom. The second-order valence-corrected chi connectivity index (χ2v) is 8.74. The van der Waals surface area contributed by atoms with Gasteiger partial charge in [-0.1, -0.05) is 42.5 Å². The van der Waals surface area contributed by atoms with Crippen molar-refractivity contribution >= 4 is 17.5 Å². The van der Waals surface area contributed by atoms with Gasteiger partial charge in [0.15, 0.2) is 11.5 Å². The molecule has 6 rings (SSSR count). The third-order valence-corrected chi connectivity index (χ3v) is 6.86. The molecule has 2 saturated heterocycles. The predicted molar refractivity (Wildman–Crippen MR) is 116 cm³/mol. The fraction of sp³-hybridized carbons (Fsp3) is 0.360.